The number of amides is 1. The van der Waals surface area contributed by atoms with E-state index in [9.17, 15) is 4.79 Å². The van der Waals surface area contributed by atoms with Gasteiger partial charge in [-0.05, 0) is 37.6 Å². The SMILES string of the molecule is CCCOc1c(Cl)cc(C(=O)Nc2cc(C)nn2-c2ccccn2)cc1OC. The Balaban J connectivity index is 1.89. The zero-order valence-electron chi connectivity index (χ0n) is 15.9. The van der Waals surface area contributed by atoms with E-state index in [1.54, 1.807) is 29.1 Å². The van der Waals surface area contributed by atoms with Crippen molar-refractivity contribution in [2.45, 2.75) is 20.3 Å². The van der Waals surface area contributed by atoms with Crippen LogP contribution in [-0.2, 0) is 0 Å². The molecule has 0 fully saturated rings. The molecular weight excluding hydrogens is 380 g/mol. The fourth-order valence-corrected chi connectivity index (χ4v) is 2.89. The molecule has 0 saturated carbocycles. The third-order valence-electron chi connectivity index (χ3n) is 3.88. The number of rotatable bonds is 7. The molecule has 0 aliphatic rings. The van der Waals surface area contributed by atoms with Crippen molar-refractivity contribution in [2.75, 3.05) is 19.0 Å². The molecule has 8 heteroatoms. The molecule has 0 bridgehead atoms. The summed E-state index contributed by atoms with van der Waals surface area (Å²) < 4.78 is 12.5. The Bertz CT molecular complexity index is 973. The van der Waals surface area contributed by atoms with Gasteiger partial charge >= 0.3 is 0 Å². The van der Waals surface area contributed by atoms with Crippen LogP contribution in [0.4, 0.5) is 5.82 Å². The molecular formula is C20H21ClN4O3. The third kappa shape index (κ3) is 4.26. The average molecular weight is 401 g/mol. The summed E-state index contributed by atoms with van der Waals surface area (Å²) in [5.74, 6) is 1.59. The van der Waals surface area contributed by atoms with Crippen LogP contribution in [-0.4, -0.2) is 34.4 Å². The van der Waals surface area contributed by atoms with Crippen LogP contribution < -0.4 is 14.8 Å². The fourth-order valence-electron chi connectivity index (χ4n) is 2.63. The van der Waals surface area contributed by atoms with E-state index in [4.69, 9.17) is 21.1 Å². The summed E-state index contributed by atoms with van der Waals surface area (Å²) >= 11 is 6.31. The summed E-state index contributed by atoms with van der Waals surface area (Å²) in [6.45, 7) is 4.34. The highest BCUT2D eigenvalue weighted by Gasteiger charge is 2.18. The molecule has 1 amide bonds. The number of nitrogens with zero attached hydrogens (tertiary/aromatic N) is 3. The van der Waals surface area contributed by atoms with Gasteiger partial charge in [-0.25, -0.2) is 4.98 Å². The van der Waals surface area contributed by atoms with E-state index >= 15 is 0 Å². The van der Waals surface area contributed by atoms with Crippen LogP contribution in [0.15, 0.2) is 42.6 Å². The van der Waals surface area contributed by atoms with Crippen molar-refractivity contribution in [3.05, 3.63) is 58.9 Å². The van der Waals surface area contributed by atoms with E-state index in [1.807, 2.05) is 32.0 Å². The number of halogens is 1. The maximum absolute atomic E-state index is 12.8. The number of ether oxygens (including phenoxy) is 2. The van der Waals surface area contributed by atoms with E-state index in [0.717, 1.165) is 12.1 Å². The number of anilines is 1. The lowest BCUT2D eigenvalue weighted by Gasteiger charge is -2.14. The fraction of sp³-hybridized carbons (Fsp3) is 0.250. The van der Waals surface area contributed by atoms with Crippen LogP contribution in [0.2, 0.25) is 5.02 Å². The van der Waals surface area contributed by atoms with Gasteiger partial charge in [-0.15, -0.1) is 0 Å². The topological polar surface area (TPSA) is 78.3 Å². The van der Waals surface area contributed by atoms with Crippen LogP contribution >= 0.6 is 11.6 Å². The Kier molecular flexibility index (Phi) is 6.16. The number of pyridine rings is 1. The van der Waals surface area contributed by atoms with Gasteiger partial charge in [0, 0.05) is 17.8 Å². The summed E-state index contributed by atoms with van der Waals surface area (Å²) in [6, 6.07) is 10.4. The number of hydrogen-bond acceptors (Lipinski definition) is 5. The first-order valence-electron chi connectivity index (χ1n) is 8.83. The van der Waals surface area contributed by atoms with E-state index in [-0.39, 0.29) is 5.91 Å². The maximum atomic E-state index is 12.8. The molecule has 0 radical (unpaired) electrons. The number of benzene rings is 1. The van der Waals surface area contributed by atoms with Crippen LogP contribution in [0.1, 0.15) is 29.4 Å². The highest BCUT2D eigenvalue weighted by Crippen LogP contribution is 2.36. The molecule has 28 heavy (non-hydrogen) atoms. The van der Waals surface area contributed by atoms with Crippen molar-refractivity contribution in [1.82, 2.24) is 14.8 Å². The van der Waals surface area contributed by atoms with E-state index in [1.165, 1.54) is 7.11 Å². The highest BCUT2D eigenvalue weighted by molar-refractivity contribution is 6.32. The Hall–Kier alpha value is -3.06. The van der Waals surface area contributed by atoms with Gasteiger partial charge in [0.05, 0.1) is 24.4 Å². The van der Waals surface area contributed by atoms with Crippen LogP contribution in [0.3, 0.4) is 0 Å². The molecule has 0 aliphatic carbocycles. The zero-order chi connectivity index (χ0) is 20.1. The second-order valence-corrected chi connectivity index (χ2v) is 6.47. The van der Waals surface area contributed by atoms with Crippen molar-refractivity contribution >= 4 is 23.3 Å². The smallest absolute Gasteiger partial charge is 0.257 e. The van der Waals surface area contributed by atoms with Gasteiger partial charge in [0.15, 0.2) is 17.3 Å². The van der Waals surface area contributed by atoms with Gasteiger partial charge in [-0.2, -0.15) is 9.78 Å². The van der Waals surface area contributed by atoms with Gasteiger partial charge in [0.25, 0.3) is 5.91 Å². The summed E-state index contributed by atoms with van der Waals surface area (Å²) in [7, 11) is 1.51. The van der Waals surface area contributed by atoms with E-state index in [0.29, 0.717) is 40.3 Å². The number of aromatic nitrogens is 3. The summed E-state index contributed by atoms with van der Waals surface area (Å²) in [6.07, 6.45) is 2.50. The summed E-state index contributed by atoms with van der Waals surface area (Å²) in [5.41, 5.74) is 1.09. The number of carbonyl (C=O) groups excluding carboxylic acids is 1. The van der Waals surface area contributed by atoms with Gasteiger partial charge in [0.2, 0.25) is 0 Å². The normalized spacial score (nSPS) is 10.6. The number of methoxy groups -OCH3 is 1. The molecule has 1 N–H and O–H groups in total. The molecule has 3 aromatic rings. The Morgan fingerprint density at radius 2 is 2.11 bits per heavy atom. The van der Waals surface area contributed by atoms with E-state index in [2.05, 4.69) is 15.4 Å². The largest absolute Gasteiger partial charge is 0.493 e. The number of hydrogen-bond donors (Lipinski definition) is 1. The zero-order valence-corrected chi connectivity index (χ0v) is 16.7. The molecule has 0 atom stereocenters. The van der Waals surface area contributed by atoms with Gasteiger partial charge < -0.3 is 14.8 Å². The third-order valence-corrected chi connectivity index (χ3v) is 4.16. The molecule has 3 rings (SSSR count). The first-order valence-corrected chi connectivity index (χ1v) is 9.21. The van der Waals surface area contributed by atoms with Crippen LogP contribution in [0.5, 0.6) is 11.5 Å². The predicted molar refractivity (Wildman–Crippen MR) is 108 cm³/mol. The van der Waals surface area contributed by atoms with Crippen LogP contribution in [0.25, 0.3) is 5.82 Å². The lowest BCUT2D eigenvalue weighted by atomic mass is 10.2. The van der Waals surface area contributed by atoms with Gasteiger partial charge in [0.1, 0.15) is 5.82 Å². The second-order valence-electron chi connectivity index (χ2n) is 6.06. The summed E-state index contributed by atoms with van der Waals surface area (Å²) in [5, 5.41) is 7.56. The molecule has 2 heterocycles. The van der Waals surface area contributed by atoms with Crippen LogP contribution in [0, 0.1) is 6.92 Å². The Labute approximate surface area is 168 Å². The molecule has 0 aliphatic heterocycles. The van der Waals surface area contributed by atoms with Gasteiger partial charge in [-0.3, -0.25) is 4.79 Å². The minimum Gasteiger partial charge on any atom is -0.493 e. The first kappa shape index (κ1) is 19.7. The van der Waals surface area contributed by atoms with Crippen molar-refractivity contribution in [2.24, 2.45) is 0 Å². The second kappa shape index (κ2) is 8.75. The van der Waals surface area contributed by atoms with Crippen molar-refractivity contribution in [3.8, 4) is 17.3 Å². The average Bonchev–Trinajstić information content (AvgIpc) is 3.07. The number of nitrogens with one attached hydrogen (secondary N) is 1. The first-order chi connectivity index (χ1) is 13.5. The monoisotopic (exact) mass is 400 g/mol. The highest BCUT2D eigenvalue weighted by atomic mass is 35.5. The standard InChI is InChI=1S/C20H21ClN4O3/c1-4-9-28-19-15(21)11-14(12-16(19)27-3)20(26)23-18-10-13(2)24-25(18)17-7-5-6-8-22-17/h5-8,10-12H,4,9H2,1-3H3,(H,23,26). The Morgan fingerprint density at radius 1 is 1.29 bits per heavy atom. The minimum absolute atomic E-state index is 0.312. The summed E-state index contributed by atoms with van der Waals surface area (Å²) in [4.78, 5) is 17.1. The van der Waals surface area contributed by atoms with Crippen molar-refractivity contribution in [3.63, 3.8) is 0 Å². The molecule has 1 aromatic carbocycles. The van der Waals surface area contributed by atoms with Crippen molar-refractivity contribution in [1.29, 1.82) is 0 Å². The lowest BCUT2D eigenvalue weighted by Crippen LogP contribution is -2.16. The predicted octanol–water partition coefficient (Wildman–Crippen LogP) is 4.28. The Morgan fingerprint density at radius 3 is 2.79 bits per heavy atom. The minimum atomic E-state index is -0.348. The van der Waals surface area contributed by atoms with Crippen molar-refractivity contribution < 1.29 is 14.3 Å². The maximum Gasteiger partial charge on any atom is 0.257 e. The molecule has 2 aromatic heterocycles. The lowest BCUT2D eigenvalue weighted by molar-refractivity contribution is 0.102. The quantitative estimate of drug-likeness (QED) is 0.640. The van der Waals surface area contributed by atoms with Gasteiger partial charge in [-0.1, -0.05) is 24.6 Å². The van der Waals surface area contributed by atoms with E-state index < -0.39 is 0 Å². The molecule has 0 spiro atoms. The molecule has 0 unspecified atom stereocenters. The number of carbonyl (C=O) groups is 1. The molecule has 146 valence electrons. The molecule has 7 nitrogen and oxygen atoms in total. The number of aryl methyl sites for hydroxylation is 1. The molecule has 0 saturated heterocycles.